The fourth-order valence-corrected chi connectivity index (χ4v) is 3.33. The fraction of sp³-hybridized carbons (Fsp3) is 0.391. The van der Waals surface area contributed by atoms with Crippen LogP contribution >= 0.6 is 0 Å². The standard InChI is InChI=1S/C23H27FN2O4/c1-16-6-3-10-21(17(16)2)25-22(27)14-26(13-20-9-5-11-29-20)23(28)15-30-19-8-4-7-18(24)12-19/h3-4,6-8,10,12,20H,5,9,11,13-15H2,1-2H3,(H,25,27). The summed E-state index contributed by atoms with van der Waals surface area (Å²) in [4.78, 5) is 26.9. The van der Waals surface area contributed by atoms with Crippen molar-refractivity contribution in [1.29, 1.82) is 0 Å². The van der Waals surface area contributed by atoms with Crippen molar-refractivity contribution in [2.24, 2.45) is 0 Å². The Hall–Kier alpha value is -2.93. The molecule has 1 aliphatic rings. The van der Waals surface area contributed by atoms with Gasteiger partial charge in [0.2, 0.25) is 5.91 Å². The zero-order valence-electron chi connectivity index (χ0n) is 17.3. The molecule has 1 heterocycles. The number of carbonyl (C=O) groups is 2. The van der Waals surface area contributed by atoms with Crippen molar-refractivity contribution < 1.29 is 23.5 Å². The highest BCUT2D eigenvalue weighted by Crippen LogP contribution is 2.19. The van der Waals surface area contributed by atoms with Crippen LogP contribution in [0.4, 0.5) is 10.1 Å². The van der Waals surface area contributed by atoms with E-state index in [0.717, 1.165) is 29.7 Å². The number of rotatable bonds is 8. The van der Waals surface area contributed by atoms with Crippen molar-refractivity contribution in [3.8, 4) is 5.75 Å². The molecule has 1 N–H and O–H groups in total. The van der Waals surface area contributed by atoms with E-state index in [2.05, 4.69) is 5.32 Å². The van der Waals surface area contributed by atoms with Crippen molar-refractivity contribution in [1.82, 2.24) is 4.90 Å². The number of hydrogen-bond acceptors (Lipinski definition) is 4. The number of anilines is 1. The molecule has 0 saturated carbocycles. The first-order valence-electron chi connectivity index (χ1n) is 10.1. The van der Waals surface area contributed by atoms with Crippen LogP contribution in [0.15, 0.2) is 42.5 Å². The molecule has 1 atom stereocenters. The van der Waals surface area contributed by atoms with Gasteiger partial charge in [0.25, 0.3) is 5.91 Å². The van der Waals surface area contributed by atoms with Crippen LogP contribution in [0.3, 0.4) is 0 Å². The highest BCUT2D eigenvalue weighted by atomic mass is 19.1. The number of ether oxygens (including phenoxy) is 2. The van der Waals surface area contributed by atoms with Crippen LogP contribution < -0.4 is 10.1 Å². The van der Waals surface area contributed by atoms with Crippen LogP contribution in [0.5, 0.6) is 5.75 Å². The SMILES string of the molecule is Cc1cccc(NC(=O)CN(CC2CCCO2)C(=O)COc2cccc(F)c2)c1C. The molecule has 0 spiro atoms. The monoisotopic (exact) mass is 414 g/mol. The highest BCUT2D eigenvalue weighted by Gasteiger charge is 2.25. The van der Waals surface area contributed by atoms with Crippen molar-refractivity contribution in [2.45, 2.75) is 32.8 Å². The predicted molar refractivity (Wildman–Crippen MR) is 112 cm³/mol. The number of carbonyl (C=O) groups excluding carboxylic acids is 2. The van der Waals surface area contributed by atoms with Crippen LogP contribution in [0.25, 0.3) is 0 Å². The minimum atomic E-state index is -0.441. The smallest absolute Gasteiger partial charge is 0.261 e. The molecule has 0 radical (unpaired) electrons. The molecule has 1 fully saturated rings. The largest absolute Gasteiger partial charge is 0.484 e. The molecule has 1 unspecified atom stereocenters. The van der Waals surface area contributed by atoms with Crippen LogP contribution in [-0.4, -0.2) is 49.1 Å². The molecule has 3 rings (SSSR count). The van der Waals surface area contributed by atoms with E-state index in [0.29, 0.717) is 13.2 Å². The highest BCUT2D eigenvalue weighted by molar-refractivity contribution is 5.95. The molecule has 2 amide bonds. The molecule has 1 saturated heterocycles. The maximum absolute atomic E-state index is 13.3. The first-order valence-corrected chi connectivity index (χ1v) is 10.1. The number of amides is 2. The zero-order chi connectivity index (χ0) is 21.5. The number of nitrogens with one attached hydrogen (secondary N) is 1. The summed E-state index contributed by atoms with van der Waals surface area (Å²) in [6, 6.07) is 11.3. The lowest BCUT2D eigenvalue weighted by molar-refractivity contribution is -0.138. The topological polar surface area (TPSA) is 67.9 Å². The summed E-state index contributed by atoms with van der Waals surface area (Å²) < 4.78 is 24.4. The summed E-state index contributed by atoms with van der Waals surface area (Å²) >= 11 is 0. The third-order valence-electron chi connectivity index (χ3n) is 5.17. The minimum absolute atomic E-state index is 0.100. The summed E-state index contributed by atoms with van der Waals surface area (Å²) in [6.07, 6.45) is 1.67. The Morgan fingerprint density at radius 2 is 2.03 bits per heavy atom. The van der Waals surface area contributed by atoms with Crippen molar-refractivity contribution in [3.63, 3.8) is 0 Å². The van der Waals surface area contributed by atoms with Crippen molar-refractivity contribution >= 4 is 17.5 Å². The second-order valence-electron chi connectivity index (χ2n) is 7.45. The maximum Gasteiger partial charge on any atom is 0.261 e. The molecule has 30 heavy (non-hydrogen) atoms. The van der Waals surface area contributed by atoms with Gasteiger partial charge in [0, 0.05) is 24.9 Å². The first kappa shape index (κ1) is 21.8. The van der Waals surface area contributed by atoms with Crippen LogP contribution in [0, 0.1) is 19.7 Å². The Balaban J connectivity index is 1.64. The maximum atomic E-state index is 13.3. The number of benzene rings is 2. The van der Waals surface area contributed by atoms with Gasteiger partial charge in [-0.25, -0.2) is 4.39 Å². The van der Waals surface area contributed by atoms with Gasteiger partial charge in [-0.2, -0.15) is 0 Å². The van der Waals surface area contributed by atoms with E-state index in [1.54, 1.807) is 6.07 Å². The first-order chi connectivity index (χ1) is 14.4. The van der Waals surface area contributed by atoms with Crippen molar-refractivity contribution in [2.75, 3.05) is 31.6 Å². The second-order valence-corrected chi connectivity index (χ2v) is 7.45. The minimum Gasteiger partial charge on any atom is -0.484 e. The van der Waals surface area contributed by atoms with Gasteiger partial charge in [-0.3, -0.25) is 9.59 Å². The fourth-order valence-electron chi connectivity index (χ4n) is 3.33. The summed E-state index contributed by atoms with van der Waals surface area (Å²) in [5.41, 5.74) is 2.78. The average molecular weight is 414 g/mol. The van der Waals surface area contributed by atoms with Gasteiger partial charge >= 0.3 is 0 Å². The van der Waals surface area contributed by atoms with E-state index in [9.17, 15) is 14.0 Å². The molecule has 0 aromatic heterocycles. The molecule has 160 valence electrons. The van der Waals surface area contributed by atoms with E-state index in [1.165, 1.54) is 23.1 Å². The van der Waals surface area contributed by atoms with E-state index in [-0.39, 0.29) is 36.8 Å². The summed E-state index contributed by atoms with van der Waals surface area (Å²) in [7, 11) is 0. The molecule has 2 aromatic rings. The van der Waals surface area contributed by atoms with Gasteiger partial charge in [0.05, 0.1) is 6.10 Å². The lowest BCUT2D eigenvalue weighted by atomic mass is 10.1. The summed E-state index contributed by atoms with van der Waals surface area (Å²) in [6.45, 7) is 4.48. The second kappa shape index (κ2) is 10.2. The Bertz CT molecular complexity index is 897. The predicted octanol–water partition coefficient (Wildman–Crippen LogP) is 3.47. The Morgan fingerprint density at radius 3 is 2.77 bits per heavy atom. The Labute approximate surface area is 176 Å². The van der Waals surface area contributed by atoms with E-state index >= 15 is 0 Å². The molecule has 6 nitrogen and oxygen atoms in total. The lowest BCUT2D eigenvalue weighted by Gasteiger charge is -2.25. The molecule has 2 aromatic carbocycles. The Morgan fingerprint density at radius 1 is 1.23 bits per heavy atom. The van der Waals surface area contributed by atoms with Gasteiger partial charge in [0.15, 0.2) is 6.61 Å². The number of hydrogen-bond donors (Lipinski definition) is 1. The van der Waals surface area contributed by atoms with Gasteiger partial charge < -0.3 is 19.7 Å². The molecule has 7 heteroatoms. The van der Waals surface area contributed by atoms with Gasteiger partial charge in [-0.15, -0.1) is 0 Å². The Kier molecular flexibility index (Phi) is 7.41. The van der Waals surface area contributed by atoms with E-state index in [1.807, 2.05) is 32.0 Å². The molecular weight excluding hydrogens is 387 g/mol. The quantitative estimate of drug-likeness (QED) is 0.718. The zero-order valence-corrected chi connectivity index (χ0v) is 17.3. The average Bonchev–Trinajstić information content (AvgIpc) is 3.22. The van der Waals surface area contributed by atoms with E-state index < -0.39 is 5.82 Å². The number of nitrogens with zero attached hydrogens (tertiary/aromatic N) is 1. The van der Waals surface area contributed by atoms with Crippen LogP contribution in [0.1, 0.15) is 24.0 Å². The number of aryl methyl sites for hydroxylation is 1. The molecular formula is C23H27FN2O4. The molecule has 1 aliphatic heterocycles. The van der Waals surface area contributed by atoms with Crippen molar-refractivity contribution in [3.05, 3.63) is 59.4 Å². The normalized spacial score (nSPS) is 15.6. The number of halogens is 1. The van der Waals surface area contributed by atoms with Crippen LogP contribution in [0.2, 0.25) is 0 Å². The lowest BCUT2D eigenvalue weighted by Crippen LogP contribution is -2.44. The summed E-state index contributed by atoms with van der Waals surface area (Å²) in [5.74, 6) is -0.823. The van der Waals surface area contributed by atoms with Crippen LogP contribution in [-0.2, 0) is 14.3 Å². The van der Waals surface area contributed by atoms with Gasteiger partial charge in [0.1, 0.15) is 18.1 Å². The third-order valence-corrected chi connectivity index (χ3v) is 5.17. The molecule has 0 bridgehead atoms. The molecule has 0 aliphatic carbocycles. The third kappa shape index (κ3) is 6.03. The van der Waals surface area contributed by atoms with Gasteiger partial charge in [-0.1, -0.05) is 18.2 Å². The van der Waals surface area contributed by atoms with Gasteiger partial charge in [-0.05, 0) is 56.0 Å². The van der Waals surface area contributed by atoms with E-state index in [4.69, 9.17) is 9.47 Å². The summed E-state index contributed by atoms with van der Waals surface area (Å²) in [5, 5.41) is 2.88.